The summed E-state index contributed by atoms with van der Waals surface area (Å²) in [4.78, 5) is 31.7. The molecular weight excluding hydrogens is 428 g/mol. The van der Waals surface area contributed by atoms with Crippen molar-refractivity contribution in [2.24, 2.45) is 0 Å². The number of carbonyl (C=O) groups excluding carboxylic acids is 1. The number of fused-ring (bicyclic) bond motifs is 1. The number of halogens is 2. The lowest BCUT2D eigenvalue weighted by molar-refractivity contribution is -0.113. The second-order valence-corrected chi connectivity index (χ2v) is 7.18. The van der Waals surface area contributed by atoms with Crippen LogP contribution in [0, 0.1) is 0 Å². The predicted molar refractivity (Wildman–Crippen MR) is 112 cm³/mol. The number of aromatic nitrogens is 4. The molecule has 158 valence electrons. The standard InChI is InChI=1S/C20H15F2N5O3S/c21-19(22)30-15-9-5-4-8-14(15)24-16(28)11-31-20-25-17-13(18(29)26-20)10-23-27(17)12-6-2-1-3-7-12/h1-10,19H,11H2,(H,24,28)(H,25,26,29). The van der Waals surface area contributed by atoms with Gasteiger partial charge in [0.2, 0.25) is 5.91 Å². The fraction of sp³-hybridized carbons (Fsp3) is 0.100. The molecule has 0 aliphatic carbocycles. The molecule has 0 saturated heterocycles. The highest BCUT2D eigenvalue weighted by Gasteiger charge is 2.14. The fourth-order valence-electron chi connectivity index (χ4n) is 2.81. The quantitative estimate of drug-likeness (QED) is 0.335. The third-order valence-corrected chi connectivity index (χ3v) is 5.01. The number of amides is 1. The molecule has 0 saturated carbocycles. The van der Waals surface area contributed by atoms with Gasteiger partial charge in [-0.05, 0) is 24.3 Å². The van der Waals surface area contributed by atoms with E-state index in [1.54, 1.807) is 6.07 Å². The Morgan fingerprint density at radius 3 is 2.68 bits per heavy atom. The number of aromatic amines is 1. The number of benzene rings is 2. The van der Waals surface area contributed by atoms with E-state index in [4.69, 9.17) is 0 Å². The predicted octanol–water partition coefficient (Wildman–Crippen LogP) is 3.44. The summed E-state index contributed by atoms with van der Waals surface area (Å²) in [6, 6.07) is 15.1. The van der Waals surface area contributed by atoms with Crippen molar-refractivity contribution in [3.05, 3.63) is 71.1 Å². The van der Waals surface area contributed by atoms with E-state index in [1.807, 2.05) is 30.3 Å². The average Bonchev–Trinajstić information content (AvgIpc) is 3.18. The van der Waals surface area contributed by atoms with Gasteiger partial charge in [0, 0.05) is 0 Å². The summed E-state index contributed by atoms with van der Waals surface area (Å²) >= 11 is 0.995. The molecule has 0 spiro atoms. The van der Waals surface area contributed by atoms with E-state index in [9.17, 15) is 18.4 Å². The highest BCUT2D eigenvalue weighted by Crippen LogP contribution is 2.26. The van der Waals surface area contributed by atoms with Gasteiger partial charge in [0.15, 0.2) is 10.8 Å². The smallest absolute Gasteiger partial charge is 0.387 e. The maximum Gasteiger partial charge on any atom is 0.387 e. The Bertz CT molecular complexity index is 1280. The van der Waals surface area contributed by atoms with E-state index < -0.39 is 12.5 Å². The van der Waals surface area contributed by atoms with Crippen molar-refractivity contribution >= 4 is 34.4 Å². The molecule has 2 aromatic heterocycles. The van der Waals surface area contributed by atoms with Crippen LogP contribution in [0.15, 0.2) is 70.7 Å². The number of para-hydroxylation sites is 3. The van der Waals surface area contributed by atoms with Crippen LogP contribution in [0.3, 0.4) is 0 Å². The van der Waals surface area contributed by atoms with Crippen LogP contribution in [0.2, 0.25) is 0 Å². The minimum Gasteiger partial charge on any atom is -0.433 e. The van der Waals surface area contributed by atoms with E-state index in [1.165, 1.54) is 29.1 Å². The van der Waals surface area contributed by atoms with E-state index in [0.717, 1.165) is 17.4 Å². The lowest BCUT2D eigenvalue weighted by atomic mass is 10.3. The van der Waals surface area contributed by atoms with Gasteiger partial charge in [0.25, 0.3) is 5.56 Å². The number of anilines is 1. The summed E-state index contributed by atoms with van der Waals surface area (Å²) in [7, 11) is 0. The summed E-state index contributed by atoms with van der Waals surface area (Å²) in [5.74, 6) is -0.734. The molecule has 0 atom stereocenters. The number of rotatable bonds is 7. The summed E-state index contributed by atoms with van der Waals surface area (Å²) in [5.41, 5.74) is 0.826. The van der Waals surface area contributed by atoms with Crippen LogP contribution in [-0.4, -0.2) is 38.0 Å². The van der Waals surface area contributed by atoms with Crippen molar-refractivity contribution in [1.82, 2.24) is 19.7 Å². The second kappa shape index (κ2) is 8.96. The Balaban J connectivity index is 1.51. The Labute approximate surface area is 178 Å². The number of nitrogens with one attached hydrogen (secondary N) is 2. The molecule has 0 bridgehead atoms. The van der Waals surface area contributed by atoms with Gasteiger partial charge in [-0.15, -0.1) is 0 Å². The Morgan fingerprint density at radius 2 is 1.90 bits per heavy atom. The molecule has 0 aliphatic heterocycles. The van der Waals surface area contributed by atoms with Gasteiger partial charge >= 0.3 is 6.61 Å². The maximum atomic E-state index is 12.5. The van der Waals surface area contributed by atoms with E-state index in [2.05, 4.69) is 25.1 Å². The first-order valence-corrected chi connectivity index (χ1v) is 10.00. The summed E-state index contributed by atoms with van der Waals surface area (Å²) in [6.07, 6.45) is 1.43. The fourth-order valence-corrected chi connectivity index (χ4v) is 3.47. The number of H-pyrrole nitrogens is 1. The van der Waals surface area contributed by atoms with Crippen LogP contribution < -0.4 is 15.6 Å². The summed E-state index contributed by atoms with van der Waals surface area (Å²) in [5, 5.41) is 7.28. The van der Waals surface area contributed by atoms with Crippen LogP contribution in [-0.2, 0) is 4.79 Å². The summed E-state index contributed by atoms with van der Waals surface area (Å²) in [6.45, 7) is -3.01. The molecule has 0 radical (unpaired) electrons. The zero-order valence-electron chi connectivity index (χ0n) is 15.8. The third kappa shape index (κ3) is 4.72. The van der Waals surface area contributed by atoms with Crippen molar-refractivity contribution in [3.8, 4) is 11.4 Å². The number of carbonyl (C=O) groups is 1. The first-order chi connectivity index (χ1) is 15.0. The topological polar surface area (TPSA) is 102 Å². The van der Waals surface area contributed by atoms with Crippen LogP contribution in [0.25, 0.3) is 16.7 Å². The van der Waals surface area contributed by atoms with Gasteiger partial charge in [-0.1, -0.05) is 42.1 Å². The Morgan fingerprint density at radius 1 is 1.16 bits per heavy atom. The number of hydrogen-bond donors (Lipinski definition) is 2. The Hall–Kier alpha value is -3.73. The number of alkyl halides is 2. The minimum atomic E-state index is -3.01. The van der Waals surface area contributed by atoms with Gasteiger partial charge in [0.05, 0.1) is 23.3 Å². The van der Waals surface area contributed by atoms with E-state index >= 15 is 0 Å². The minimum absolute atomic E-state index is 0.114. The van der Waals surface area contributed by atoms with Crippen molar-refractivity contribution in [2.75, 3.05) is 11.1 Å². The normalized spacial score (nSPS) is 11.1. The molecule has 1 amide bonds. The molecule has 4 rings (SSSR count). The lowest BCUT2D eigenvalue weighted by Gasteiger charge is -2.11. The van der Waals surface area contributed by atoms with Crippen LogP contribution >= 0.6 is 11.8 Å². The van der Waals surface area contributed by atoms with E-state index in [-0.39, 0.29) is 27.9 Å². The number of thioether (sulfide) groups is 1. The average molecular weight is 443 g/mol. The monoisotopic (exact) mass is 443 g/mol. The molecule has 4 aromatic rings. The molecule has 2 aromatic carbocycles. The van der Waals surface area contributed by atoms with Crippen molar-refractivity contribution in [3.63, 3.8) is 0 Å². The molecule has 2 N–H and O–H groups in total. The second-order valence-electron chi connectivity index (χ2n) is 6.21. The van der Waals surface area contributed by atoms with Crippen LogP contribution in [0.5, 0.6) is 5.75 Å². The number of nitrogens with zero attached hydrogens (tertiary/aromatic N) is 3. The molecule has 0 fully saturated rings. The number of hydrogen-bond acceptors (Lipinski definition) is 6. The molecule has 0 unspecified atom stereocenters. The first-order valence-electron chi connectivity index (χ1n) is 9.01. The van der Waals surface area contributed by atoms with E-state index in [0.29, 0.717) is 11.0 Å². The van der Waals surface area contributed by atoms with Crippen molar-refractivity contribution in [1.29, 1.82) is 0 Å². The molecule has 0 aliphatic rings. The summed E-state index contributed by atoms with van der Waals surface area (Å²) < 4.78 is 31.0. The van der Waals surface area contributed by atoms with Crippen LogP contribution in [0.1, 0.15) is 0 Å². The SMILES string of the molecule is O=C(CSc1nc2c(cnn2-c2ccccc2)c(=O)[nH]1)Nc1ccccc1OC(F)F. The Kier molecular flexibility index (Phi) is 5.94. The highest BCUT2D eigenvalue weighted by molar-refractivity contribution is 7.99. The van der Waals surface area contributed by atoms with Gasteiger partial charge in [-0.2, -0.15) is 13.9 Å². The molecule has 31 heavy (non-hydrogen) atoms. The molecule has 11 heteroatoms. The lowest BCUT2D eigenvalue weighted by Crippen LogP contribution is -2.17. The zero-order valence-corrected chi connectivity index (χ0v) is 16.6. The largest absolute Gasteiger partial charge is 0.433 e. The van der Waals surface area contributed by atoms with Gasteiger partial charge < -0.3 is 15.0 Å². The first kappa shape index (κ1) is 20.5. The van der Waals surface area contributed by atoms with Gasteiger partial charge in [0.1, 0.15) is 11.1 Å². The highest BCUT2D eigenvalue weighted by atomic mass is 32.2. The maximum absolute atomic E-state index is 12.5. The van der Waals surface area contributed by atoms with Crippen molar-refractivity contribution in [2.45, 2.75) is 11.8 Å². The third-order valence-electron chi connectivity index (χ3n) is 4.13. The molecule has 2 heterocycles. The number of ether oxygens (including phenoxy) is 1. The molecule has 8 nitrogen and oxygen atoms in total. The van der Waals surface area contributed by atoms with Gasteiger partial charge in [-0.25, -0.2) is 9.67 Å². The zero-order chi connectivity index (χ0) is 21.8. The van der Waals surface area contributed by atoms with Crippen molar-refractivity contribution < 1.29 is 18.3 Å². The van der Waals surface area contributed by atoms with Gasteiger partial charge in [-0.3, -0.25) is 9.59 Å². The molecular formula is C20H15F2N5O3S. The van der Waals surface area contributed by atoms with Crippen LogP contribution in [0.4, 0.5) is 14.5 Å².